The Morgan fingerprint density at radius 3 is 2.41 bits per heavy atom. The van der Waals surface area contributed by atoms with Gasteiger partial charge in [-0.25, -0.2) is 18.4 Å². The molecule has 34 heavy (non-hydrogen) atoms. The molecular weight excluding hydrogens is 436 g/mol. The van der Waals surface area contributed by atoms with E-state index in [0.29, 0.717) is 6.54 Å². The maximum atomic E-state index is 14.6. The summed E-state index contributed by atoms with van der Waals surface area (Å²) < 4.78 is 29.5. The number of benzene rings is 2. The molecule has 1 N–H and O–H groups in total. The van der Waals surface area contributed by atoms with Gasteiger partial charge in [0.15, 0.2) is 0 Å². The molecule has 2 aromatic carbocycles. The van der Waals surface area contributed by atoms with Crippen LogP contribution >= 0.6 is 0 Å². The van der Waals surface area contributed by atoms with Crippen molar-refractivity contribution in [3.8, 4) is 11.1 Å². The molecule has 2 aromatic heterocycles. The third-order valence-corrected chi connectivity index (χ3v) is 5.81. The highest BCUT2D eigenvalue weighted by Gasteiger charge is 2.35. The first-order valence-electron chi connectivity index (χ1n) is 11.1. The second kappa shape index (κ2) is 10.2. The number of rotatable bonds is 9. The molecule has 0 saturated heterocycles. The van der Waals surface area contributed by atoms with Gasteiger partial charge in [0.05, 0.1) is 12.2 Å². The van der Waals surface area contributed by atoms with Crippen molar-refractivity contribution in [3.63, 3.8) is 0 Å². The Morgan fingerprint density at radius 1 is 1.03 bits per heavy atom. The topological polar surface area (TPSA) is 67.1 Å². The van der Waals surface area contributed by atoms with E-state index in [-0.39, 0.29) is 18.7 Å². The highest BCUT2D eigenvalue weighted by atomic mass is 19.1. The quantitative estimate of drug-likeness (QED) is 0.403. The first kappa shape index (κ1) is 23.7. The molecule has 0 aliphatic carbocycles. The van der Waals surface area contributed by atoms with Crippen LogP contribution in [0.25, 0.3) is 11.1 Å². The van der Waals surface area contributed by atoms with Crippen molar-refractivity contribution in [3.05, 3.63) is 102 Å². The zero-order valence-electron chi connectivity index (χ0n) is 19.2. The fourth-order valence-electron chi connectivity index (χ4n) is 4.07. The number of halogens is 2. The van der Waals surface area contributed by atoms with Gasteiger partial charge in [-0.2, -0.15) is 5.10 Å². The van der Waals surface area contributed by atoms with Crippen LogP contribution in [0.15, 0.2) is 73.4 Å². The molecule has 4 rings (SSSR count). The van der Waals surface area contributed by atoms with Crippen molar-refractivity contribution < 1.29 is 13.9 Å². The molecule has 0 aliphatic rings. The predicted octanol–water partition coefficient (Wildman–Crippen LogP) is 4.20. The molecule has 0 fully saturated rings. The maximum absolute atomic E-state index is 14.6. The molecule has 1 unspecified atom stereocenters. The number of aryl methyl sites for hydroxylation is 1. The SMILES string of the molecule is CCc1ccc(-c2ccc(CN(C)CC(O)(Cn3cncn3)c3ccc(F)cc3F)nc2)cc1. The fourth-order valence-corrected chi connectivity index (χ4v) is 4.07. The minimum atomic E-state index is -1.67. The second-order valence-corrected chi connectivity index (χ2v) is 8.51. The average molecular weight is 464 g/mol. The number of pyridine rings is 1. The molecule has 176 valence electrons. The monoisotopic (exact) mass is 463 g/mol. The lowest BCUT2D eigenvalue weighted by Crippen LogP contribution is -2.43. The third kappa shape index (κ3) is 5.52. The predicted molar refractivity (Wildman–Crippen MR) is 126 cm³/mol. The standard InChI is InChI=1S/C26H27F2N5O/c1-3-19-4-6-20(7-5-19)21-8-10-23(30-13-21)14-32(2)15-26(34,16-33-18-29-17-31-33)24-11-9-22(27)12-25(24)28/h4-13,17-18,34H,3,14-16H2,1-2H3. The lowest BCUT2D eigenvalue weighted by atomic mass is 9.92. The third-order valence-electron chi connectivity index (χ3n) is 5.81. The van der Waals surface area contributed by atoms with Gasteiger partial charge in [-0.15, -0.1) is 0 Å². The van der Waals surface area contributed by atoms with E-state index in [2.05, 4.69) is 46.3 Å². The fraction of sp³-hybridized carbons (Fsp3) is 0.269. The molecule has 0 aliphatic heterocycles. The van der Waals surface area contributed by atoms with Gasteiger partial charge < -0.3 is 5.11 Å². The molecule has 1 atom stereocenters. The van der Waals surface area contributed by atoms with E-state index in [1.54, 1.807) is 0 Å². The maximum Gasteiger partial charge on any atom is 0.137 e. The van der Waals surface area contributed by atoms with Gasteiger partial charge in [-0.05, 0) is 36.7 Å². The summed E-state index contributed by atoms with van der Waals surface area (Å²) in [6, 6.07) is 15.5. The molecule has 0 spiro atoms. The van der Waals surface area contributed by atoms with Crippen molar-refractivity contribution in [1.29, 1.82) is 0 Å². The lowest BCUT2D eigenvalue weighted by Gasteiger charge is -2.33. The number of hydrogen-bond donors (Lipinski definition) is 1. The second-order valence-electron chi connectivity index (χ2n) is 8.51. The van der Waals surface area contributed by atoms with Crippen LogP contribution in [0.5, 0.6) is 0 Å². The van der Waals surface area contributed by atoms with Gasteiger partial charge in [-0.1, -0.05) is 43.3 Å². The summed E-state index contributed by atoms with van der Waals surface area (Å²) in [5.41, 5.74) is 2.53. The zero-order chi connectivity index (χ0) is 24.1. The lowest BCUT2D eigenvalue weighted by molar-refractivity contribution is -0.0177. The van der Waals surface area contributed by atoms with Gasteiger partial charge >= 0.3 is 0 Å². The number of nitrogens with zero attached hydrogens (tertiary/aromatic N) is 5. The van der Waals surface area contributed by atoms with Crippen LogP contribution in [0.4, 0.5) is 8.78 Å². The van der Waals surface area contributed by atoms with E-state index < -0.39 is 17.2 Å². The summed E-state index contributed by atoms with van der Waals surface area (Å²) in [6.45, 7) is 2.58. The Morgan fingerprint density at radius 2 is 1.79 bits per heavy atom. The first-order chi connectivity index (χ1) is 16.4. The Labute approximate surface area is 197 Å². The van der Waals surface area contributed by atoms with E-state index in [1.807, 2.05) is 30.3 Å². The largest absolute Gasteiger partial charge is 0.382 e. The molecule has 0 saturated carbocycles. The summed E-state index contributed by atoms with van der Waals surface area (Å²) in [4.78, 5) is 10.3. The molecule has 8 heteroatoms. The van der Waals surface area contributed by atoms with Crippen LogP contribution < -0.4 is 0 Å². The Balaban J connectivity index is 1.50. The molecule has 0 bridgehead atoms. The summed E-state index contributed by atoms with van der Waals surface area (Å²) >= 11 is 0. The minimum Gasteiger partial charge on any atom is -0.382 e. The van der Waals surface area contributed by atoms with Gasteiger partial charge in [0, 0.05) is 36.5 Å². The van der Waals surface area contributed by atoms with E-state index in [0.717, 1.165) is 35.4 Å². The average Bonchev–Trinajstić information content (AvgIpc) is 3.32. The van der Waals surface area contributed by atoms with Crippen LogP contribution in [-0.2, 0) is 25.1 Å². The summed E-state index contributed by atoms with van der Waals surface area (Å²) in [5.74, 6) is -1.51. The summed E-state index contributed by atoms with van der Waals surface area (Å²) in [7, 11) is 1.81. The van der Waals surface area contributed by atoms with Crippen molar-refractivity contribution >= 4 is 0 Å². The van der Waals surface area contributed by atoms with E-state index in [1.165, 1.54) is 29.0 Å². The van der Waals surface area contributed by atoms with Gasteiger partial charge in [-0.3, -0.25) is 9.88 Å². The van der Waals surface area contributed by atoms with E-state index in [4.69, 9.17) is 0 Å². The molecular formula is C26H27F2N5O. The van der Waals surface area contributed by atoms with Gasteiger partial charge in [0.25, 0.3) is 0 Å². The summed E-state index contributed by atoms with van der Waals surface area (Å²) in [6.07, 6.45) is 5.60. The summed E-state index contributed by atoms with van der Waals surface area (Å²) in [5, 5.41) is 15.5. The van der Waals surface area contributed by atoms with Crippen molar-refractivity contribution in [1.82, 2.24) is 24.6 Å². The van der Waals surface area contributed by atoms with Crippen molar-refractivity contribution in [2.45, 2.75) is 32.0 Å². The Bertz CT molecular complexity index is 1210. The minimum absolute atomic E-state index is 0.00455. The molecule has 2 heterocycles. The Kier molecular flexibility index (Phi) is 7.09. The molecule has 6 nitrogen and oxygen atoms in total. The van der Waals surface area contributed by atoms with Gasteiger partial charge in [0.2, 0.25) is 0 Å². The van der Waals surface area contributed by atoms with Crippen molar-refractivity contribution in [2.75, 3.05) is 13.6 Å². The highest BCUT2D eigenvalue weighted by Crippen LogP contribution is 2.28. The van der Waals surface area contributed by atoms with Crippen molar-refractivity contribution in [2.24, 2.45) is 0 Å². The van der Waals surface area contributed by atoms with Crippen LogP contribution in [0.2, 0.25) is 0 Å². The molecule has 0 amide bonds. The normalized spacial score (nSPS) is 13.2. The smallest absolute Gasteiger partial charge is 0.137 e. The number of aliphatic hydroxyl groups is 1. The molecule has 4 aromatic rings. The number of hydrogen-bond acceptors (Lipinski definition) is 5. The van der Waals surface area contributed by atoms with Crippen LogP contribution in [0.1, 0.15) is 23.7 Å². The zero-order valence-corrected chi connectivity index (χ0v) is 19.2. The number of aromatic nitrogens is 4. The number of likely N-dealkylation sites (N-methyl/N-ethyl adjacent to an activating group) is 1. The van der Waals surface area contributed by atoms with Crippen LogP contribution in [-0.4, -0.2) is 43.3 Å². The van der Waals surface area contributed by atoms with E-state index >= 15 is 0 Å². The van der Waals surface area contributed by atoms with E-state index in [9.17, 15) is 13.9 Å². The van der Waals surface area contributed by atoms with Crippen LogP contribution in [0.3, 0.4) is 0 Å². The first-order valence-corrected chi connectivity index (χ1v) is 11.1. The Hall–Kier alpha value is -3.49. The van der Waals surface area contributed by atoms with Crippen LogP contribution in [0, 0.1) is 11.6 Å². The molecule has 0 radical (unpaired) electrons. The van der Waals surface area contributed by atoms with Gasteiger partial charge in [0.1, 0.15) is 29.9 Å². The highest BCUT2D eigenvalue weighted by molar-refractivity contribution is 5.62.